The molecule has 8 amide bonds. The largest absolute Gasteiger partial charge is 0.504 e. The van der Waals surface area contributed by atoms with Crippen molar-refractivity contribution in [1.29, 1.82) is 0 Å². The average molecular weight is 1320 g/mol. The minimum atomic E-state index is -2.22. The van der Waals surface area contributed by atoms with E-state index in [0.717, 1.165) is 40.2 Å². The number of hydrogen-bond acceptors (Lipinski definition) is 25. The number of ether oxygens (including phenoxy) is 2. The quantitative estimate of drug-likeness (QED) is 0.0174. The third-order valence-electron chi connectivity index (χ3n) is 15.3. The van der Waals surface area contributed by atoms with Crippen LogP contribution < -0.4 is 46.0 Å². The molecule has 15 N–H and O–H groups in total. The van der Waals surface area contributed by atoms with Crippen LogP contribution in [0.3, 0.4) is 0 Å². The maximum Gasteiger partial charge on any atom is 0.261 e. The molecule has 13 unspecified atom stereocenters. The second-order valence-corrected chi connectivity index (χ2v) is 23.6. The monoisotopic (exact) mass is 1320 g/mol. The van der Waals surface area contributed by atoms with Crippen LogP contribution in [0, 0.1) is 5.92 Å². The Morgan fingerprint density at radius 1 is 0.739 bits per heavy atom. The Labute approximate surface area is 533 Å². The van der Waals surface area contributed by atoms with Crippen molar-refractivity contribution in [2.75, 3.05) is 32.8 Å². The molecule has 8 rings (SSSR count). The highest BCUT2D eigenvalue weighted by Gasteiger charge is 2.50. The molecule has 4 heterocycles. The number of hydrogen-bond donors (Lipinski definition) is 14. The Balaban J connectivity index is 1.04. The van der Waals surface area contributed by atoms with Crippen molar-refractivity contribution in [3.8, 4) is 44.1 Å². The van der Waals surface area contributed by atoms with E-state index in [4.69, 9.17) is 24.6 Å². The van der Waals surface area contributed by atoms with E-state index < -0.39 is 177 Å². The first-order valence-electron chi connectivity index (χ1n) is 29.0. The summed E-state index contributed by atoms with van der Waals surface area (Å²) in [5.74, 6) is -9.73. The molecule has 92 heavy (non-hydrogen) atoms. The zero-order valence-corrected chi connectivity index (χ0v) is 51.0. The lowest BCUT2D eigenvalue weighted by atomic mass is 9.98. The summed E-state index contributed by atoms with van der Waals surface area (Å²) >= 11 is 1.32. The Bertz CT molecular complexity index is 3390. The second kappa shape index (κ2) is 32.1. The van der Waals surface area contributed by atoms with Crippen molar-refractivity contribution < 1.29 is 102 Å². The third-order valence-corrected chi connectivity index (χ3v) is 16.7. The van der Waals surface area contributed by atoms with E-state index in [2.05, 4.69) is 46.2 Å². The number of nitrogens with one attached hydrogen (secondary N) is 5. The lowest BCUT2D eigenvalue weighted by molar-refractivity contribution is -0.433. The number of β-amino-alcohol motifs (C(OH)–C–C–N with tert-alkyl or cyclic N) is 1. The highest BCUT2D eigenvalue weighted by atomic mass is 32.2. The zero-order chi connectivity index (χ0) is 66.3. The minimum absolute atomic E-state index is 0.00715. The van der Waals surface area contributed by atoms with E-state index >= 15 is 0 Å². The summed E-state index contributed by atoms with van der Waals surface area (Å²) in [6, 6.07) is 14.5. The molecule has 31 nitrogen and oxygen atoms in total. The van der Waals surface area contributed by atoms with Crippen LogP contribution in [-0.2, 0) is 49.4 Å². The van der Waals surface area contributed by atoms with Gasteiger partial charge in [0.05, 0.1) is 56.3 Å². The Morgan fingerprint density at radius 2 is 1.36 bits per heavy atom. The molecular weight excluding hydrogens is 1250 g/mol. The Kier molecular flexibility index (Phi) is 24.2. The van der Waals surface area contributed by atoms with Crippen LogP contribution in [0.2, 0.25) is 0 Å². The second-order valence-electron chi connectivity index (χ2n) is 22.1. The van der Waals surface area contributed by atoms with Gasteiger partial charge in [-0.3, -0.25) is 38.4 Å². The predicted molar refractivity (Wildman–Crippen MR) is 323 cm³/mol. The van der Waals surface area contributed by atoms with Gasteiger partial charge in [0.1, 0.15) is 57.8 Å². The number of primary amides is 1. The van der Waals surface area contributed by atoms with Crippen LogP contribution in [0.15, 0.2) is 97.1 Å². The summed E-state index contributed by atoms with van der Waals surface area (Å²) in [5.41, 5.74) is 6.81. The SMILES string of the molecule is CC(O)C1NC(=O)C(NC(=O)c2ccc(-c3nnc(-c4ccc(OCCCOc5ccccc5)cc4)s3)cc2)CC(O)CNC(=O)C2C(O)C(C)CN2C(=O)C(C(O)CC(N)=O)NC(=O)C(C(O)Cc2ccc(O)c(OSOOO)c2)NC(=O)C2CC(O)CN2C1=O. The molecule has 3 fully saturated rings. The van der Waals surface area contributed by atoms with Crippen molar-refractivity contribution in [2.45, 2.75) is 119 Å². The van der Waals surface area contributed by atoms with Gasteiger partial charge < -0.3 is 91.5 Å². The maximum absolute atomic E-state index is 14.7. The fourth-order valence-corrected chi connectivity index (χ4v) is 11.6. The lowest BCUT2D eigenvalue weighted by Crippen LogP contribution is -2.64. The van der Waals surface area contributed by atoms with E-state index in [1.54, 1.807) is 12.1 Å². The first-order chi connectivity index (χ1) is 44.0. The van der Waals surface area contributed by atoms with Crippen molar-refractivity contribution in [3.63, 3.8) is 0 Å². The van der Waals surface area contributed by atoms with Crippen LogP contribution in [0.5, 0.6) is 23.0 Å². The standard InChI is InChI=1S/C59H70N10O21S2/c1-29-27-69-49(50(29)77)55(82)61-26-35(71)23-39(62-51(78)32-10-12-33(13-11-32)56-66-67-57(91-56)34-14-16-38(17-15-34)87-20-6-19-86-37-7-4-3-5-8-37)52(79)63-46(30(2)70)58(83)68-28-36(72)24-40(68)53(80)64-47(54(81)65-48(59(69)84)43(75)25-45(60)76)42(74)21-31-9-18-41(73)44(22-31)88-92-90-89-85/h3-5,7-18,22,29-30,35-36,39-40,42-43,46-50,70-75,77,85H,6,19-21,23-28H2,1-2H3,(H2,60,76)(H,61,82)(H,62,78)(H,63,79)(H,64,80)(H,65,81). The van der Waals surface area contributed by atoms with Crippen molar-refractivity contribution in [1.82, 2.24) is 46.6 Å². The smallest absolute Gasteiger partial charge is 0.261 e. The number of nitrogens with two attached hydrogens (primary N) is 1. The predicted octanol–water partition coefficient (Wildman–Crippen LogP) is -1.39. The molecule has 33 heteroatoms. The number of phenolic OH excluding ortho intramolecular Hbond substituents is 1. The topological polar surface area (TPSA) is 463 Å². The first-order valence-corrected chi connectivity index (χ1v) is 30.4. The summed E-state index contributed by atoms with van der Waals surface area (Å²) < 4.78 is 20.9. The fourth-order valence-electron chi connectivity index (χ4n) is 10.5. The average Bonchev–Trinajstić information content (AvgIpc) is 1.62. The van der Waals surface area contributed by atoms with E-state index in [9.17, 15) is 74.1 Å². The van der Waals surface area contributed by atoms with Gasteiger partial charge in [0.2, 0.25) is 41.4 Å². The van der Waals surface area contributed by atoms with Gasteiger partial charge in [0.15, 0.2) is 11.5 Å². The maximum atomic E-state index is 14.7. The van der Waals surface area contributed by atoms with Gasteiger partial charge in [-0.1, -0.05) is 64.0 Å². The summed E-state index contributed by atoms with van der Waals surface area (Å²) in [6.07, 6.45) is -13.0. The molecule has 0 bridgehead atoms. The molecule has 494 valence electrons. The van der Waals surface area contributed by atoms with Gasteiger partial charge in [0, 0.05) is 67.9 Å². The number of carbonyl (C=O) groups excluding carboxylic acids is 8. The number of rotatable bonds is 21. The van der Waals surface area contributed by atoms with Crippen molar-refractivity contribution >= 4 is 70.9 Å². The fraction of sp³-hybridized carbons (Fsp3) is 0.424. The number of para-hydroxylation sites is 1. The number of aromatic hydroxyl groups is 1. The molecule has 3 saturated heterocycles. The molecule has 1 aromatic heterocycles. The molecule has 13 atom stereocenters. The number of carbonyl (C=O) groups is 8. The van der Waals surface area contributed by atoms with Crippen LogP contribution in [0.1, 0.15) is 55.5 Å². The van der Waals surface area contributed by atoms with Gasteiger partial charge in [-0.25, -0.2) is 5.26 Å². The molecule has 0 spiro atoms. The third kappa shape index (κ3) is 17.9. The highest BCUT2D eigenvalue weighted by Crippen LogP contribution is 2.33. The van der Waals surface area contributed by atoms with Crippen LogP contribution in [0.4, 0.5) is 0 Å². The summed E-state index contributed by atoms with van der Waals surface area (Å²) in [7, 11) is 0. The van der Waals surface area contributed by atoms with Crippen LogP contribution >= 0.6 is 23.7 Å². The molecule has 5 aromatic rings. The molecule has 0 radical (unpaired) electrons. The van der Waals surface area contributed by atoms with Gasteiger partial charge in [0.25, 0.3) is 18.2 Å². The number of nitrogens with zero attached hydrogens (tertiary/aromatic N) is 4. The van der Waals surface area contributed by atoms with E-state index in [1.165, 1.54) is 36.5 Å². The molecule has 3 aliphatic rings. The normalized spacial score (nSPS) is 24.5. The number of phenols is 1. The number of aromatic nitrogens is 2. The van der Waals surface area contributed by atoms with E-state index in [0.29, 0.717) is 41.0 Å². The van der Waals surface area contributed by atoms with Gasteiger partial charge >= 0.3 is 0 Å². The number of fused-ring (bicyclic) bond motifs is 2. The van der Waals surface area contributed by atoms with Crippen molar-refractivity contribution in [2.24, 2.45) is 11.7 Å². The van der Waals surface area contributed by atoms with Gasteiger partial charge in [-0.2, -0.15) is 0 Å². The molecule has 4 aromatic carbocycles. The van der Waals surface area contributed by atoms with Gasteiger partial charge in [-0.15, -0.1) is 10.2 Å². The Morgan fingerprint density at radius 3 is 2.00 bits per heavy atom. The van der Waals surface area contributed by atoms with E-state index in [-0.39, 0.29) is 29.2 Å². The van der Waals surface area contributed by atoms with E-state index in [1.807, 2.05) is 54.6 Å². The van der Waals surface area contributed by atoms with Crippen LogP contribution in [0.25, 0.3) is 21.1 Å². The highest BCUT2D eigenvalue weighted by molar-refractivity contribution is 7.90. The van der Waals surface area contributed by atoms with Crippen LogP contribution in [-0.4, -0.2) is 214 Å². The number of aliphatic hydroxyl groups is 6. The molecular formula is C59H70N10O21S2. The number of amides is 8. The number of aliphatic hydroxyl groups excluding tert-OH is 6. The molecule has 0 saturated carbocycles. The number of benzene rings is 4. The Hall–Kier alpha value is -8.61. The summed E-state index contributed by atoms with van der Waals surface area (Å²) in [5, 5.41) is 112. The van der Waals surface area contributed by atoms with Gasteiger partial charge in [-0.05, 0) is 73.2 Å². The summed E-state index contributed by atoms with van der Waals surface area (Å²) in [6.45, 7) is 1.75. The first kappa shape index (κ1) is 69.3. The minimum Gasteiger partial charge on any atom is -0.504 e. The zero-order valence-electron chi connectivity index (χ0n) is 49.4. The summed E-state index contributed by atoms with van der Waals surface area (Å²) in [4.78, 5) is 115. The molecule has 3 aliphatic heterocycles. The lowest BCUT2D eigenvalue weighted by Gasteiger charge is -2.33. The molecule has 0 aliphatic carbocycles. The van der Waals surface area contributed by atoms with Crippen molar-refractivity contribution in [3.05, 3.63) is 108 Å².